The second kappa shape index (κ2) is 3.79. The summed E-state index contributed by atoms with van der Waals surface area (Å²) in [6.07, 6.45) is 3.60. The molecule has 1 aromatic heterocycles. The van der Waals surface area contributed by atoms with Crippen LogP contribution in [0, 0.1) is 5.41 Å². The predicted molar refractivity (Wildman–Crippen MR) is 53.2 cm³/mol. The zero-order valence-corrected chi connectivity index (χ0v) is 8.37. The van der Waals surface area contributed by atoms with Crippen molar-refractivity contribution in [3.05, 3.63) is 29.7 Å². The molecule has 0 bridgehead atoms. The fourth-order valence-electron chi connectivity index (χ4n) is 0.907. The highest BCUT2D eigenvalue weighted by Gasteiger charge is 2.18. The van der Waals surface area contributed by atoms with Crippen LogP contribution in [0.15, 0.2) is 28.4 Å². The van der Waals surface area contributed by atoms with Gasteiger partial charge >= 0.3 is 0 Å². The first kappa shape index (κ1) is 10.1. The van der Waals surface area contributed by atoms with Gasteiger partial charge in [-0.15, -0.1) is 0 Å². The third-order valence-electron chi connectivity index (χ3n) is 2.36. The molecule has 0 aliphatic heterocycles. The standard InChI is InChI=1S/C11H16O2/c1-9(11(2,3)8-12)7-10-5-4-6-13-10/h4-7,12H,8H2,1-3H3/b9-7+. The van der Waals surface area contributed by atoms with Gasteiger partial charge in [-0.1, -0.05) is 19.4 Å². The molecule has 0 saturated heterocycles. The van der Waals surface area contributed by atoms with E-state index in [1.165, 1.54) is 0 Å². The van der Waals surface area contributed by atoms with Gasteiger partial charge in [0, 0.05) is 5.41 Å². The van der Waals surface area contributed by atoms with Crippen LogP contribution in [0.25, 0.3) is 6.08 Å². The summed E-state index contributed by atoms with van der Waals surface area (Å²) >= 11 is 0. The van der Waals surface area contributed by atoms with Gasteiger partial charge < -0.3 is 9.52 Å². The van der Waals surface area contributed by atoms with Crippen LogP contribution in [0.5, 0.6) is 0 Å². The summed E-state index contributed by atoms with van der Waals surface area (Å²) in [5.41, 5.74) is 0.942. The number of hydrogen-bond donors (Lipinski definition) is 1. The van der Waals surface area contributed by atoms with Gasteiger partial charge in [0.2, 0.25) is 0 Å². The van der Waals surface area contributed by atoms with E-state index in [0.29, 0.717) is 0 Å². The molecule has 0 saturated carbocycles. The minimum Gasteiger partial charge on any atom is -0.465 e. The summed E-state index contributed by atoms with van der Waals surface area (Å²) in [4.78, 5) is 0. The van der Waals surface area contributed by atoms with E-state index < -0.39 is 0 Å². The van der Waals surface area contributed by atoms with E-state index in [4.69, 9.17) is 9.52 Å². The van der Waals surface area contributed by atoms with Gasteiger partial charge in [-0.25, -0.2) is 0 Å². The van der Waals surface area contributed by atoms with Crippen molar-refractivity contribution >= 4 is 6.08 Å². The second-order valence-electron chi connectivity index (χ2n) is 3.88. The molecular formula is C11H16O2. The van der Waals surface area contributed by atoms with Crippen molar-refractivity contribution in [3.63, 3.8) is 0 Å². The van der Waals surface area contributed by atoms with Crippen molar-refractivity contribution in [3.8, 4) is 0 Å². The highest BCUT2D eigenvalue weighted by Crippen LogP contribution is 2.26. The molecule has 0 spiro atoms. The number of aliphatic hydroxyl groups excluding tert-OH is 1. The molecule has 0 radical (unpaired) electrons. The molecule has 0 amide bonds. The lowest BCUT2D eigenvalue weighted by molar-refractivity contribution is 0.191. The topological polar surface area (TPSA) is 33.4 Å². The Kier molecular flexibility index (Phi) is 2.94. The van der Waals surface area contributed by atoms with Gasteiger partial charge in [-0.05, 0) is 25.1 Å². The minimum atomic E-state index is -0.174. The third kappa shape index (κ3) is 2.46. The summed E-state index contributed by atoms with van der Waals surface area (Å²) in [5, 5.41) is 9.12. The molecule has 72 valence electrons. The molecule has 1 aromatic rings. The Labute approximate surface area is 78.9 Å². The lowest BCUT2D eigenvalue weighted by Crippen LogP contribution is -2.17. The number of rotatable bonds is 3. The maximum Gasteiger partial charge on any atom is 0.126 e. The molecule has 2 heteroatoms. The smallest absolute Gasteiger partial charge is 0.126 e. The lowest BCUT2D eigenvalue weighted by atomic mass is 9.86. The lowest BCUT2D eigenvalue weighted by Gasteiger charge is -2.22. The number of furan rings is 1. The normalized spacial score (nSPS) is 13.4. The zero-order chi connectivity index (χ0) is 9.90. The largest absolute Gasteiger partial charge is 0.465 e. The first-order valence-corrected chi connectivity index (χ1v) is 4.39. The van der Waals surface area contributed by atoms with Gasteiger partial charge in [0.1, 0.15) is 5.76 Å². The molecule has 0 atom stereocenters. The molecule has 1 N–H and O–H groups in total. The van der Waals surface area contributed by atoms with E-state index in [0.717, 1.165) is 11.3 Å². The van der Waals surface area contributed by atoms with E-state index in [9.17, 15) is 0 Å². The predicted octanol–water partition coefficient (Wildman–Crippen LogP) is 2.70. The highest BCUT2D eigenvalue weighted by atomic mass is 16.3. The van der Waals surface area contributed by atoms with Gasteiger partial charge in [0.15, 0.2) is 0 Å². The number of aliphatic hydroxyl groups is 1. The zero-order valence-electron chi connectivity index (χ0n) is 8.37. The van der Waals surface area contributed by atoms with Crippen LogP contribution >= 0.6 is 0 Å². The Hall–Kier alpha value is -1.02. The van der Waals surface area contributed by atoms with Crippen LogP contribution < -0.4 is 0 Å². The van der Waals surface area contributed by atoms with Crippen LogP contribution in [-0.4, -0.2) is 11.7 Å². The Morgan fingerprint density at radius 1 is 1.62 bits per heavy atom. The summed E-state index contributed by atoms with van der Waals surface area (Å²) in [6.45, 7) is 6.15. The molecule has 0 unspecified atom stereocenters. The maximum absolute atomic E-state index is 9.12. The monoisotopic (exact) mass is 180 g/mol. The van der Waals surface area contributed by atoms with Crippen LogP contribution in [0.3, 0.4) is 0 Å². The molecule has 0 fully saturated rings. The highest BCUT2D eigenvalue weighted by molar-refractivity contribution is 5.48. The van der Waals surface area contributed by atoms with Crippen molar-refractivity contribution in [2.24, 2.45) is 5.41 Å². The SMILES string of the molecule is C/C(=C\c1ccco1)C(C)(C)CO. The van der Waals surface area contributed by atoms with Crippen molar-refractivity contribution in [2.45, 2.75) is 20.8 Å². The fraction of sp³-hybridized carbons (Fsp3) is 0.455. The molecule has 1 rings (SSSR count). The van der Waals surface area contributed by atoms with Gasteiger partial charge in [0.05, 0.1) is 12.9 Å². The first-order chi connectivity index (χ1) is 6.06. The molecular weight excluding hydrogens is 164 g/mol. The van der Waals surface area contributed by atoms with Crippen LogP contribution in [0.2, 0.25) is 0 Å². The first-order valence-electron chi connectivity index (χ1n) is 4.39. The Bertz CT molecular complexity index is 281. The summed E-state index contributed by atoms with van der Waals surface area (Å²) in [5.74, 6) is 0.832. The van der Waals surface area contributed by atoms with Gasteiger partial charge in [0.25, 0.3) is 0 Å². The van der Waals surface area contributed by atoms with Crippen molar-refractivity contribution in [2.75, 3.05) is 6.61 Å². The molecule has 0 aliphatic carbocycles. The molecule has 13 heavy (non-hydrogen) atoms. The Morgan fingerprint density at radius 2 is 2.31 bits per heavy atom. The van der Waals surface area contributed by atoms with E-state index >= 15 is 0 Å². The average Bonchev–Trinajstić information content (AvgIpc) is 2.57. The minimum absolute atomic E-state index is 0.149. The summed E-state index contributed by atoms with van der Waals surface area (Å²) in [6, 6.07) is 3.75. The third-order valence-corrected chi connectivity index (χ3v) is 2.36. The van der Waals surface area contributed by atoms with Crippen molar-refractivity contribution < 1.29 is 9.52 Å². The average molecular weight is 180 g/mol. The van der Waals surface area contributed by atoms with Crippen LogP contribution in [0.1, 0.15) is 26.5 Å². The van der Waals surface area contributed by atoms with Gasteiger partial charge in [-0.3, -0.25) is 0 Å². The van der Waals surface area contributed by atoms with Crippen molar-refractivity contribution in [1.82, 2.24) is 0 Å². The molecule has 0 aromatic carbocycles. The molecule has 0 aliphatic rings. The second-order valence-corrected chi connectivity index (χ2v) is 3.88. The van der Waals surface area contributed by atoms with Gasteiger partial charge in [-0.2, -0.15) is 0 Å². The summed E-state index contributed by atoms with van der Waals surface area (Å²) in [7, 11) is 0. The maximum atomic E-state index is 9.12. The summed E-state index contributed by atoms with van der Waals surface area (Å²) < 4.78 is 5.19. The van der Waals surface area contributed by atoms with E-state index in [1.54, 1.807) is 6.26 Å². The van der Waals surface area contributed by atoms with E-state index in [2.05, 4.69) is 0 Å². The van der Waals surface area contributed by atoms with E-state index in [1.807, 2.05) is 39.0 Å². The Morgan fingerprint density at radius 3 is 2.77 bits per heavy atom. The molecule has 2 nitrogen and oxygen atoms in total. The van der Waals surface area contributed by atoms with Crippen molar-refractivity contribution in [1.29, 1.82) is 0 Å². The van der Waals surface area contributed by atoms with Crippen LogP contribution in [0.4, 0.5) is 0 Å². The number of hydrogen-bond acceptors (Lipinski definition) is 2. The fourth-order valence-corrected chi connectivity index (χ4v) is 0.907. The van der Waals surface area contributed by atoms with Crippen LogP contribution in [-0.2, 0) is 0 Å². The van der Waals surface area contributed by atoms with E-state index in [-0.39, 0.29) is 12.0 Å². The quantitative estimate of drug-likeness (QED) is 0.775. The Balaban J connectivity index is 2.84. The molecule has 1 heterocycles.